The summed E-state index contributed by atoms with van der Waals surface area (Å²) in [5.74, 6) is 0.564. The molecule has 1 amide bonds. The molecule has 0 spiro atoms. The van der Waals surface area contributed by atoms with Gasteiger partial charge in [-0.2, -0.15) is 0 Å². The van der Waals surface area contributed by atoms with Crippen LogP contribution < -0.4 is 15.8 Å². The summed E-state index contributed by atoms with van der Waals surface area (Å²) in [6.45, 7) is 8.78. The first-order valence-electron chi connectivity index (χ1n) is 11.7. The number of nitrogens with zero attached hydrogens (tertiary/aromatic N) is 5. The van der Waals surface area contributed by atoms with E-state index < -0.39 is 0 Å². The molecule has 0 saturated carbocycles. The molecule has 2 aromatic carbocycles. The van der Waals surface area contributed by atoms with Crippen LogP contribution in [0.5, 0.6) is 0 Å². The van der Waals surface area contributed by atoms with Gasteiger partial charge in [0.25, 0.3) is 5.56 Å². The maximum atomic E-state index is 13.0. The van der Waals surface area contributed by atoms with Gasteiger partial charge in [-0.15, -0.1) is 10.2 Å². The Bertz CT molecular complexity index is 1340. The Hall–Kier alpha value is -3.33. The lowest BCUT2D eigenvalue weighted by Crippen LogP contribution is -2.23. The number of hydrogen-bond donors (Lipinski definition) is 1. The van der Waals surface area contributed by atoms with Crippen LogP contribution in [-0.4, -0.2) is 43.9 Å². The van der Waals surface area contributed by atoms with Crippen LogP contribution in [0, 0.1) is 0 Å². The Balaban J connectivity index is 1.54. The maximum absolute atomic E-state index is 13.0. The van der Waals surface area contributed by atoms with Crippen LogP contribution in [0.25, 0.3) is 16.7 Å². The molecular formula is C25H30N6O2S. The SMILES string of the molecule is CCCCn1c(=O)c2ccccc2n2c(SCC(=O)Nc3ccc(N(CC)CC)cc3)nnc12. The van der Waals surface area contributed by atoms with Gasteiger partial charge in [0.1, 0.15) is 0 Å². The smallest absolute Gasteiger partial charge is 0.262 e. The van der Waals surface area contributed by atoms with Crippen molar-refractivity contribution in [1.29, 1.82) is 0 Å². The Kier molecular flexibility index (Phi) is 7.52. The van der Waals surface area contributed by atoms with Crippen molar-refractivity contribution < 1.29 is 4.79 Å². The molecule has 4 rings (SSSR count). The summed E-state index contributed by atoms with van der Waals surface area (Å²) < 4.78 is 3.56. The van der Waals surface area contributed by atoms with Crippen molar-refractivity contribution >= 4 is 45.7 Å². The molecule has 8 nitrogen and oxygen atoms in total. The third-order valence-electron chi connectivity index (χ3n) is 5.83. The van der Waals surface area contributed by atoms with E-state index in [2.05, 4.69) is 41.2 Å². The lowest BCUT2D eigenvalue weighted by atomic mass is 10.2. The van der Waals surface area contributed by atoms with Crippen LogP contribution in [0.2, 0.25) is 0 Å². The normalized spacial score (nSPS) is 11.3. The number of anilines is 2. The zero-order valence-corrected chi connectivity index (χ0v) is 20.6. The number of carbonyl (C=O) groups is 1. The number of rotatable bonds is 10. The quantitative estimate of drug-likeness (QED) is 0.340. The van der Waals surface area contributed by atoms with Gasteiger partial charge in [-0.3, -0.25) is 18.6 Å². The summed E-state index contributed by atoms with van der Waals surface area (Å²) in [7, 11) is 0. The second kappa shape index (κ2) is 10.7. The lowest BCUT2D eigenvalue weighted by Gasteiger charge is -2.21. The number of para-hydroxylation sites is 1. The summed E-state index contributed by atoms with van der Waals surface area (Å²) in [5, 5.41) is 12.8. The Morgan fingerprint density at radius 2 is 1.76 bits per heavy atom. The highest BCUT2D eigenvalue weighted by Crippen LogP contribution is 2.23. The number of aromatic nitrogens is 4. The fraction of sp³-hybridized carbons (Fsp3) is 0.360. The first kappa shape index (κ1) is 23.8. The average molecular weight is 479 g/mol. The molecule has 34 heavy (non-hydrogen) atoms. The largest absolute Gasteiger partial charge is 0.372 e. The van der Waals surface area contributed by atoms with E-state index in [1.165, 1.54) is 11.8 Å². The van der Waals surface area contributed by atoms with Gasteiger partial charge < -0.3 is 10.2 Å². The number of carbonyl (C=O) groups excluding carboxylic acids is 1. The molecular weight excluding hydrogens is 448 g/mol. The van der Waals surface area contributed by atoms with E-state index >= 15 is 0 Å². The molecule has 0 unspecified atom stereocenters. The molecule has 1 N–H and O–H groups in total. The summed E-state index contributed by atoms with van der Waals surface area (Å²) in [5.41, 5.74) is 2.57. The summed E-state index contributed by atoms with van der Waals surface area (Å²) >= 11 is 1.31. The second-order valence-electron chi connectivity index (χ2n) is 8.00. The number of hydrogen-bond acceptors (Lipinski definition) is 6. The highest BCUT2D eigenvalue weighted by molar-refractivity contribution is 7.99. The molecule has 2 heterocycles. The van der Waals surface area contributed by atoms with Gasteiger partial charge in [0, 0.05) is 31.0 Å². The molecule has 4 aromatic rings. The molecule has 0 saturated heterocycles. The van der Waals surface area contributed by atoms with E-state index in [1.807, 2.05) is 52.9 Å². The Morgan fingerprint density at radius 3 is 2.47 bits per heavy atom. The first-order chi connectivity index (χ1) is 16.6. The molecule has 178 valence electrons. The summed E-state index contributed by atoms with van der Waals surface area (Å²) in [4.78, 5) is 27.9. The van der Waals surface area contributed by atoms with E-state index in [0.717, 1.165) is 42.8 Å². The fourth-order valence-electron chi connectivity index (χ4n) is 4.02. The first-order valence-corrected chi connectivity index (χ1v) is 12.7. The number of aryl methyl sites for hydroxylation is 1. The number of thioether (sulfide) groups is 1. The molecule has 0 atom stereocenters. The maximum Gasteiger partial charge on any atom is 0.262 e. The third-order valence-corrected chi connectivity index (χ3v) is 6.75. The Morgan fingerprint density at radius 1 is 1.03 bits per heavy atom. The van der Waals surface area contributed by atoms with Crippen molar-refractivity contribution in [3.63, 3.8) is 0 Å². The lowest BCUT2D eigenvalue weighted by molar-refractivity contribution is -0.113. The molecule has 0 bridgehead atoms. The van der Waals surface area contributed by atoms with E-state index in [0.29, 0.717) is 22.9 Å². The minimum atomic E-state index is -0.124. The molecule has 2 aromatic heterocycles. The number of fused-ring (bicyclic) bond motifs is 3. The predicted molar refractivity (Wildman–Crippen MR) is 139 cm³/mol. The summed E-state index contributed by atoms with van der Waals surface area (Å²) in [6, 6.07) is 15.3. The van der Waals surface area contributed by atoms with Crippen molar-refractivity contribution in [2.24, 2.45) is 0 Å². The minimum absolute atomic E-state index is 0.0635. The van der Waals surface area contributed by atoms with Crippen molar-refractivity contribution in [1.82, 2.24) is 19.2 Å². The van der Waals surface area contributed by atoms with Crippen LogP contribution in [0.1, 0.15) is 33.6 Å². The number of nitrogens with one attached hydrogen (secondary N) is 1. The number of unbranched alkanes of at least 4 members (excludes halogenated alkanes) is 1. The minimum Gasteiger partial charge on any atom is -0.372 e. The average Bonchev–Trinajstić information content (AvgIpc) is 3.28. The van der Waals surface area contributed by atoms with Crippen molar-refractivity contribution in [2.45, 2.75) is 45.3 Å². The summed E-state index contributed by atoms with van der Waals surface area (Å²) in [6.07, 6.45) is 1.84. The van der Waals surface area contributed by atoms with Crippen molar-refractivity contribution in [2.75, 3.05) is 29.1 Å². The van der Waals surface area contributed by atoms with Gasteiger partial charge in [0.15, 0.2) is 5.16 Å². The molecule has 9 heteroatoms. The van der Waals surface area contributed by atoms with Crippen LogP contribution in [0.4, 0.5) is 11.4 Å². The highest BCUT2D eigenvalue weighted by Gasteiger charge is 2.17. The van der Waals surface area contributed by atoms with Gasteiger partial charge in [-0.1, -0.05) is 37.2 Å². The van der Waals surface area contributed by atoms with E-state index in [1.54, 1.807) is 4.57 Å². The zero-order chi connectivity index (χ0) is 24.1. The zero-order valence-electron chi connectivity index (χ0n) is 19.8. The topological polar surface area (TPSA) is 84.5 Å². The van der Waals surface area contributed by atoms with Crippen LogP contribution in [0.15, 0.2) is 58.5 Å². The van der Waals surface area contributed by atoms with Gasteiger partial charge in [0.2, 0.25) is 11.7 Å². The standard InChI is InChI=1S/C25H30N6O2S/c1-4-7-16-30-23(33)20-10-8-9-11-21(20)31-24(30)27-28-25(31)34-17-22(32)26-18-12-14-19(15-13-18)29(5-2)6-3/h8-15H,4-7,16-17H2,1-3H3,(H,26,32). The van der Waals surface area contributed by atoms with E-state index in [-0.39, 0.29) is 17.2 Å². The van der Waals surface area contributed by atoms with Crippen LogP contribution in [-0.2, 0) is 11.3 Å². The molecule has 0 radical (unpaired) electrons. The van der Waals surface area contributed by atoms with Gasteiger partial charge >= 0.3 is 0 Å². The number of amides is 1. The predicted octanol–water partition coefficient (Wildman–Crippen LogP) is 4.42. The highest BCUT2D eigenvalue weighted by atomic mass is 32.2. The number of benzene rings is 2. The van der Waals surface area contributed by atoms with E-state index in [4.69, 9.17) is 0 Å². The molecule has 0 aliphatic heterocycles. The molecule has 0 aliphatic rings. The second-order valence-corrected chi connectivity index (χ2v) is 8.94. The third kappa shape index (κ3) is 4.79. The Labute approximate surface area is 203 Å². The van der Waals surface area contributed by atoms with Gasteiger partial charge in [-0.25, -0.2) is 0 Å². The van der Waals surface area contributed by atoms with Crippen molar-refractivity contribution in [3.8, 4) is 0 Å². The van der Waals surface area contributed by atoms with Crippen molar-refractivity contribution in [3.05, 3.63) is 58.9 Å². The molecule has 0 aliphatic carbocycles. The van der Waals surface area contributed by atoms with Gasteiger partial charge in [0.05, 0.1) is 16.7 Å². The molecule has 0 fully saturated rings. The van der Waals surface area contributed by atoms with Crippen LogP contribution >= 0.6 is 11.8 Å². The fourth-order valence-corrected chi connectivity index (χ4v) is 4.76. The van der Waals surface area contributed by atoms with E-state index in [9.17, 15) is 9.59 Å². The van der Waals surface area contributed by atoms with Gasteiger partial charge in [-0.05, 0) is 56.7 Å². The monoisotopic (exact) mass is 478 g/mol. The van der Waals surface area contributed by atoms with Crippen LogP contribution in [0.3, 0.4) is 0 Å².